The van der Waals surface area contributed by atoms with Gasteiger partial charge in [0.05, 0.1) is 17.6 Å². The summed E-state index contributed by atoms with van der Waals surface area (Å²) in [6.45, 7) is 0. The molecule has 7 heteroatoms. The number of ether oxygens (including phenoxy) is 1. The molecule has 128 valence electrons. The minimum absolute atomic E-state index is 0.116. The minimum Gasteiger partial charge on any atom is -0.503 e. The van der Waals surface area contributed by atoms with Crippen molar-refractivity contribution in [3.63, 3.8) is 0 Å². The zero-order chi connectivity index (χ0) is 18.1. The van der Waals surface area contributed by atoms with Gasteiger partial charge in [0, 0.05) is 10.4 Å². The van der Waals surface area contributed by atoms with E-state index in [1.807, 2.05) is 0 Å². The molecular weight excluding hydrogens is 353 g/mol. The first kappa shape index (κ1) is 17.0. The molecule has 0 saturated heterocycles. The third-order valence-corrected chi connectivity index (χ3v) is 4.70. The van der Waals surface area contributed by atoms with Crippen LogP contribution in [0.1, 0.15) is 15.2 Å². The quantitative estimate of drug-likeness (QED) is 0.535. The number of benzene rings is 2. The van der Waals surface area contributed by atoms with Gasteiger partial charge in [0.2, 0.25) is 11.6 Å². The predicted octanol–water partition coefficient (Wildman–Crippen LogP) is 4.78. The van der Waals surface area contributed by atoms with E-state index in [0.29, 0.717) is 16.7 Å². The normalized spacial score (nSPS) is 10.7. The van der Waals surface area contributed by atoms with Crippen LogP contribution in [0.2, 0.25) is 0 Å². The maximum absolute atomic E-state index is 13.9. The summed E-state index contributed by atoms with van der Waals surface area (Å²) >= 11 is 1.05. The van der Waals surface area contributed by atoms with Crippen LogP contribution in [0.3, 0.4) is 0 Å². The molecule has 0 amide bonds. The van der Waals surface area contributed by atoms with Gasteiger partial charge >= 0.3 is 0 Å². The zero-order valence-electron chi connectivity index (χ0n) is 12.8. The van der Waals surface area contributed by atoms with Crippen LogP contribution in [-0.4, -0.2) is 18.0 Å². The number of hydrogen-bond donors (Lipinski definition) is 1. The van der Waals surface area contributed by atoms with E-state index in [2.05, 4.69) is 0 Å². The molecule has 3 rings (SSSR count). The van der Waals surface area contributed by atoms with Crippen LogP contribution in [0.25, 0.3) is 10.4 Å². The van der Waals surface area contributed by atoms with Gasteiger partial charge in [0.25, 0.3) is 0 Å². The lowest BCUT2D eigenvalue weighted by Gasteiger charge is -2.06. The molecule has 1 heterocycles. The lowest BCUT2D eigenvalue weighted by molar-refractivity contribution is 0.103. The van der Waals surface area contributed by atoms with Crippen LogP contribution in [-0.2, 0) is 0 Å². The van der Waals surface area contributed by atoms with Crippen molar-refractivity contribution in [2.24, 2.45) is 0 Å². The Morgan fingerprint density at radius 2 is 1.80 bits per heavy atom. The Bertz CT molecular complexity index is 966. The molecule has 0 spiro atoms. The first-order chi connectivity index (χ1) is 11.9. The summed E-state index contributed by atoms with van der Waals surface area (Å²) in [4.78, 5) is 13.2. The van der Waals surface area contributed by atoms with Gasteiger partial charge in [-0.15, -0.1) is 11.3 Å². The van der Waals surface area contributed by atoms with Crippen molar-refractivity contribution in [3.8, 4) is 21.9 Å². The summed E-state index contributed by atoms with van der Waals surface area (Å²) in [6, 6.07) is 10.7. The summed E-state index contributed by atoms with van der Waals surface area (Å²) in [7, 11) is 1.51. The van der Waals surface area contributed by atoms with Crippen molar-refractivity contribution in [3.05, 3.63) is 70.4 Å². The van der Waals surface area contributed by atoms with Crippen LogP contribution in [0.5, 0.6) is 11.5 Å². The average molecular weight is 364 g/mol. The number of aromatic hydroxyl groups is 1. The Balaban J connectivity index is 2.02. The maximum atomic E-state index is 13.9. The second-order valence-corrected chi connectivity index (χ2v) is 6.16. The highest BCUT2D eigenvalue weighted by atomic mass is 32.1. The number of halogens is 3. The summed E-state index contributed by atoms with van der Waals surface area (Å²) in [6.07, 6.45) is 0. The molecule has 3 nitrogen and oxygen atoms in total. The predicted molar refractivity (Wildman–Crippen MR) is 87.7 cm³/mol. The third kappa shape index (κ3) is 2.98. The van der Waals surface area contributed by atoms with E-state index in [4.69, 9.17) is 4.74 Å². The number of phenolic OH excluding ortho intramolecular Hbond substituents is 1. The summed E-state index contributed by atoms with van der Waals surface area (Å²) in [5, 5.41) is 9.26. The standard InChI is InChI=1S/C18H11F3O3S/c1-24-12-5-3-2-4-9(12)13-6-7-14(25-13)17(22)10-8-11(19)16(21)18(23)15(10)20/h2-8,23H,1H3. The maximum Gasteiger partial charge on any atom is 0.206 e. The minimum atomic E-state index is -1.73. The van der Waals surface area contributed by atoms with Gasteiger partial charge in [-0.1, -0.05) is 12.1 Å². The van der Waals surface area contributed by atoms with Crippen LogP contribution in [0.4, 0.5) is 13.2 Å². The summed E-state index contributed by atoms with van der Waals surface area (Å²) in [5.74, 6) is -6.47. The van der Waals surface area contributed by atoms with E-state index < -0.39 is 34.5 Å². The highest BCUT2D eigenvalue weighted by Gasteiger charge is 2.24. The molecule has 25 heavy (non-hydrogen) atoms. The number of hydrogen-bond acceptors (Lipinski definition) is 4. The molecule has 0 aliphatic heterocycles. The summed E-state index contributed by atoms with van der Waals surface area (Å²) in [5.41, 5.74) is 0.00693. The molecule has 1 aromatic heterocycles. The Kier molecular flexibility index (Phi) is 4.50. The van der Waals surface area contributed by atoms with E-state index in [-0.39, 0.29) is 4.88 Å². The Morgan fingerprint density at radius 1 is 1.08 bits per heavy atom. The number of para-hydroxylation sites is 1. The Labute approximate surface area is 144 Å². The molecule has 0 unspecified atom stereocenters. The molecule has 0 saturated carbocycles. The van der Waals surface area contributed by atoms with Gasteiger partial charge < -0.3 is 9.84 Å². The number of phenols is 1. The molecule has 0 fully saturated rings. The second-order valence-electron chi connectivity index (χ2n) is 5.08. The third-order valence-electron chi connectivity index (χ3n) is 3.58. The molecule has 0 aliphatic rings. The Morgan fingerprint density at radius 3 is 2.52 bits per heavy atom. The van der Waals surface area contributed by atoms with Crippen molar-refractivity contribution in [2.45, 2.75) is 0 Å². The summed E-state index contributed by atoms with van der Waals surface area (Å²) < 4.78 is 45.7. The van der Waals surface area contributed by atoms with Crippen LogP contribution in [0.15, 0.2) is 42.5 Å². The molecule has 0 atom stereocenters. The number of methoxy groups -OCH3 is 1. The average Bonchev–Trinajstić information content (AvgIpc) is 3.12. The van der Waals surface area contributed by atoms with Crippen molar-refractivity contribution >= 4 is 17.1 Å². The van der Waals surface area contributed by atoms with Crippen LogP contribution < -0.4 is 4.74 Å². The van der Waals surface area contributed by atoms with Gasteiger partial charge in [-0.2, -0.15) is 4.39 Å². The highest BCUT2D eigenvalue weighted by Crippen LogP contribution is 2.36. The lowest BCUT2D eigenvalue weighted by atomic mass is 10.1. The second kappa shape index (κ2) is 6.60. The number of carbonyl (C=O) groups is 1. The van der Waals surface area contributed by atoms with Gasteiger partial charge in [-0.3, -0.25) is 4.79 Å². The number of ketones is 1. The van der Waals surface area contributed by atoms with Gasteiger partial charge in [0.15, 0.2) is 17.4 Å². The fourth-order valence-corrected chi connectivity index (χ4v) is 3.33. The molecule has 0 aliphatic carbocycles. The monoisotopic (exact) mass is 364 g/mol. The van der Waals surface area contributed by atoms with Crippen molar-refractivity contribution in [2.75, 3.05) is 7.11 Å². The molecule has 2 aromatic carbocycles. The van der Waals surface area contributed by atoms with Crippen LogP contribution >= 0.6 is 11.3 Å². The molecule has 1 N–H and O–H groups in total. The van der Waals surface area contributed by atoms with Gasteiger partial charge in [0.1, 0.15) is 5.75 Å². The molecule has 3 aromatic rings. The van der Waals surface area contributed by atoms with E-state index in [1.54, 1.807) is 30.3 Å². The Hall–Kier alpha value is -2.80. The molecule has 0 bridgehead atoms. The van der Waals surface area contributed by atoms with Crippen LogP contribution in [0, 0.1) is 17.5 Å². The van der Waals surface area contributed by atoms with E-state index in [0.717, 1.165) is 16.9 Å². The molecular formula is C18H11F3O3S. The van der Waals surface area contributed by atoms with Gasteiger partial charge in [-0.25, -0.2) is 8.78 Å². The first-order valence-corrected chi connectivity index (χ1v) is 7.90. The lowest BCUT2D eigenvalue weighted by Crippen LogP contribution is -2.05. The number of carbonyl (C=O) groups excluding carboxylic acids is 1. The number of thiophene rings is 1. The zero-order valence-corrected chi connectivity index (χ0v) is 13.7. The van der Waals surface area contributed by atoms with Crippen molar-refractivity contribution in [1.29, 1.82) is 0 Å². The van der Waals surface area contributed by atoms with E-state index >= 15 is 0 Å². The fraction of sp³-hybridized carbons (Fsp3) is 0.0556. The van der Waals surface area contributed by atoms with Crippen molar-refractivity contribution < 1.29 is 27.8 Å². The largest absolute Gasteiger partial charge is 0.503 e. The topological polar surface area (TPSA) is 46.5 Å². The number of rotatable bonds is 4. The molecule has 0 radical (unpaired) electrons. The fourth-order valence-electron chi connectivity index (χ4n) is 2.34. The van der Waals surface area contributed by atoms with E-state index in [1.165, 1.54) is 13.2 Å². The van der Waals surface area contributed by atoms with Crippen molar-refractivity contribution in [1.82, 2.24) is 0 Å². The van der Waals surface area contributed by atoms with Gasteiger partial charge in [-0.05, 0) is 30.3 Å². The highest BCUT2D eigenvalue weighted by molar-refractivity contribution is 7.17. The van der Waals surface area contributed by atoms with E-state index in [9.17, 15) is 23.1 Å². The first-order valence-electron chi connectivity index (χ1n) is 7.08. The smallest absolute Gasteiger partial charge is 0.206 e. The SMILES string of the molecule is COc1ccccc1-c1ccc(C(=O)c2cc(F)c(F)c(O)c2F)s1.